The van der Waals surface area contributed by atoms with Crippen molar-refractivity contribution in [3.63, 3.8) is 0 Å². The van der Waals surface area contributed by atoms with E-state index in [1.54, 1.807) is 0 Å². The second-order valence-corrected chi connectivity index (χ2v) is 15.0. The first-order valence-corrected chi connectivity index (χ1v) is 19.5. The molecule has 0 N–H and O–H groups in total. The smallest absolute Gasteiger partial charge is 0.187 e. The van der Waals surface area contributed by atoms with Crippen LogP contribution in [0.5, 0.6) is 0 Å². The number of hydrogen-bond donors (Lipinski definition) is 0. The first-order valence-electron chi connectivity index (χ1n) is 19.5. The highest BCUT2D eigenvalue weighted by atomic mass is 15.0. The number of fused-ring (bicyclic) bond motifs is 5. The lowest BCUT2D eigenvalue weighted by molar-refractivity contribution is 0.353. The standard InChI is InChI=1S/C52H38N4/c1-53-44-27-29-47-46(34-44)45-28-26-43(33-48(45)52(47)30-9-4-10-31-52)37-20-18-35(19-21-37)41-16-11-17-42(32-41)36-22-24-40(25-23-36)51-55-49(38-12-5-2-6-13-38)54-50(56-51)39-14-7-3-8-15-39/h2-3,5-8,11-29,32-34H,4,9-10,30-31H2. The Morgan fingerprint density at radius 3 is 1.38 bits per heavy atom. The summed E-state index contributed by atoms with van der Waals surface area (Å²) < 4.78 is 0. The van der Waals surface area contributed by atoms with Gasteiger partial charge in [-0.1, -0.05) is 171 Å². The van der Waals surface area contributed by atoms with Crippen molar-refractivity contribution in [2.75, 3.05) is 0 Å². The van der Waals surface area contributed by atoms with Gasteiger partial charge in [0.1, 0.15) is 0 Å². The fraction of sp³-hybridized carbons (Fsp3) is 0.115. The van der Waals surface area contributed by atoms with Gasteiger partial charge < -0.3 is 0 Å². The molecule has 10 rings (SSSR count). The third kappa shape index (κ3) is 5.99. The van der Waals surface area contributed by atoms with Crippen molar-refractivity contribution in [3.05, 3.63) is 192 Å². The van der Waals surface area contributed by atoms with Crippen molar-refractivity contribution in [2.24, 2.45) is 0 Å². The van der Waals surface area contributed by atoms with Crippen molar-refractivity contribution >= 4 is 5.69 Å². The summed E-state index contributed by atoms with van der Waals surface area (Å²) >= 11 is 0. The Balaban J connectivity index is 0.928. The average molecular weight is 719 g/mol. The van der Waals surface area contributed by atoms with E-state index in [1.165, 1.54) is 76.6 Å². The van der Waals surface area contributed by atoms with Crippen LogP contribution >= 0.6 is 0 Å². The van der Waals surface area contributed by atoms with E-state index in [0.717, 1.165) is 33.5 Å². The Bertz CT molecular complexity index is 2700. The largest absolute Gasteiger partial charge is 0.238 e. The molecular formula is C52H38N4. The molecule has 1 aromatic heterocycles. The zero-order valence-corrected chi connectivity index (χ0v) is 31.0. The van der Waals surface area contributed by atoms with Gasteiger partial charge in [-0.15, -0.1) is 0 Å². The predicted molar refractivity (Wildman–Crippen MR) is 228 cm³/mol. The van der Waals surface area contributed by atoms with E-state index in [2.05, 4.69) is 108 Å². The monoisotopic (exact) mass is 718 g/mol. The van der Waals surface area contributed by atoms with Crippen LogP contribution in [-0.2, 0) is 5.41 Å². The molecule has 1 spiro atoms. The highest BCUT2D eigenvalue weighted by molar-refractivity contribution is 5.86. The zero-order valence-electron chi connectivity index (χ0n) is 31.0. The Morgan fingerprint density at radius 1 is 0.375 bits per heavy atom. The highest BCUT2D eigenvalue weighted by Crippen LogP contribution is 2.57. The third-order valence-electron chi connectivity index (χ3n) is 11.8. The molecule has 0 saturated heterocycles. The molecule has 4 nitrogen and oxygen atoms in total. The van der Waals surface area contributed by atoms with E-state index in [9.17, 15) is 0 Å². The molecular weight excluding hydrogens is 681 g/mol. The maximum absolute atomic E-state index is 7.62. The number of rotatable bonds is 6. The van der Waals surface area contributed by atoms with Gasteiger partial charge in [-0.05, 0) is 86.7 Å². The molecule has 0 unspecified atom stereocenters. The molecule has 0 aliphatic heterocycles. The summed E-state index contributed by atoms with van der Waals surface area (Å²) in [5.41, 5.74) is 16.2. The highest BCUT2D eigenvalue weighted by Gasteiger charge is 2.43. The normalized spacial score (nSPS) is 13.8. The molecule has 1 saturated carbocycles. The molecule has 1 fully saturated rings. The van der Waals surface area contributed by atoms with Gasteiger partial charge in [-0.25, -0.2) is 19.8 Å². The summed E-state index contributed by atoms with van der Waals surface area (Å²) in [5, 5.41) is 0. The lowest BCUT2D eigenvalue weighted by Crippen LogP contribution is -2.28. The molecule has 4 heteroatoms. The van der Waals surface area contributed by atoms with Crippen LogP contribution in [0.1, 0.15) is 43.2 Å². The first-order chi connectivity index (χ1) is 27.6. The van der Waals surface area contributed by atoms with E-state index in [-0.39, 0.29) is 5.41 Å². The number of aromatic nitrogens is 3. The molecule has 7 aromatic carbocycles. The van der Waals surface area contributed by atoms with Gasteiger partial charge in [0.25, 0.3) is 0 Å². The Morgan fingerprint density at radius 2 is 0.839 bits per heavy atom. The second kappa shape index (κ2) is 14.0. The molecule has 0 atom stereocenters. The fourth-order valence-corrected chi connectivity index (χ4v) is 8.92. The summed E-state index contributed by atoms with van der Waals surface area (Å²) in [6, 6.07) is 59.8. The van der Waals surface area contributed by atoms with Crippen LogP contribution in [0.15, 0.2) is 170 Å². The maximum Gasteiger partial charge on any atom is 0.187 e. The van der Waals surface area contributed by atoms with Crippen molar-refractivity contribution in [2.45, 2.75) is 37.5 Å². The van der Waals surface area contributed by atoms with Crippen LogP contribution in [0.4, 0.5) is 5.69 Å². The van der Waals surface area contributed by atoms with Crippen LogP contribution in [-0.4, -0.2) is 15.0 Å². The van der Waals surface area contributed by atoms with Crippen molar-refractivity contribution in [1.82, 2.24) is 15.0 Å². The van der Waals surface area contributed by atoms with E-state index < -0.39 is 0 Å². The summed E-state index contributed by atoms with van der Waals surface area (Å²) in [6.45, 7) is 7.62. The molecule has 0 amide bonds. The lowest BCUT2D eigenvalue weighted by Gasteiger charge is -2.36. The van der Waals surface area contributed by atoms with Gasteiger partial charge in [-0.2, -0.15) is 0 Å². The van der Waals surface area contributed by atoms with Crippen LogP contribution in [0, 0.1) is 6.57 Å². The molecule has 266 valence electrons. The third-order valence-corrected chi connectivity index (χ3v) is 11.8. The molecule has 1 heterocycles. The predicted octanol–water partition coefficient (Wildman–Crippen LogP) is 13.7. The molecule has 8 aromatic rings. The number of nitrogens with zero attached hydrogens (tertiary/aromatic N) is 4. The summed E-state index contributed by atoms with van der Waals surface area (Å²) in [4.78, 5) is 18.4. The van der Waals surface area contributed by atoms with Gasteiger partial charge >= 0.3 is 0 Å². The molecule has 0 radical (unpaired) electrons. The van der Waals surface area contributed by atoms with E-state index >= 15 is 0 Å². The van der Waals surface area contributed by atoms with Crippen molar-refractivity contribution in [3.8, 4) is 78.7 Å². The maximum atomic E-state index is 7.62. The van der Waals surface area contributed by atoms with Gasteiger partial charge in [0, 0.05) is 22.1 Å². The molecule has 2 aliphatic rings. The average Bonchev–Trinajstić information content (AvgIpc) is 3.54. The molecule has 2 aliphatic carbocycles. The Kier molecular flexibility index (Phi) is 8.42. The number of benzene rings is 7. The number of hydrogen-bond acceptors (Lipinski definition) is 3. The summed E-state index contributed by atoms with van der Waals surface area (Å²) in [7, 11) is 0. The Hall–Kier alpha value is -6.96. The van der Waals surface area contributed by atoms with Crippen molar-refractivity contribution < 1.29 is 0 Å². The van der Waals surface area contributed by atoms with E-state index in [4.69, 9.17) is 21.5 Å². The van der Waals surface area contributed by atoms with E-state index in [0.29, 0.717) is 17.5 Å². The summed E-state index contributed by atoms with van der Waals surface area (Å²) in [5.74, 6) is 1.96. The lowest BCUT2D eigenvalue weighted by atomic mass is 9.67. The van der Waals surface area contributed by atoms with Crippen LogP contribution < -0.4 is 0 Å². The Labute approximate surface area is 328 Å². The first kappa shape index (κ1) is 33.6. The summed E-state index contributed by atoms with van der Waals surface area (Å²) in [6.07, 6.45) is 6.14. The fourth-order valence-electron chi connectivity index (χ4n) is 8.92. The van der Waals surface area contributed by atoms with Gasteiger partial charge in [-0.3, -0.25) is 0 Å². The molecule has 56 heavy (non-hydrogen) atoms. The minimum absolute atomic E-state index is 0.0552. The van der Waals surface area contributed by atoms with Crippen LogP contribution in [0.25, 0.3) is 83.5 Å². The second-order valence-electron chi connectivity index (χ2n) is 15.0. The SMILES string of the molecule is [C-]#[N+]c1ccc2c(c1)-c1ccc(-c3ccc(-c4cccc(-c5ccc(-c6nc(-c7ccccc7)nc(-c7ccccc7)n6)cc5)c4)cc3)cc1C21CCCCC1. The van der Waals surface area contributed by atoms with Gasteiger partial charge in [0.2, 0.25) is 0 Å². The topological polar surface area (TPSA) is 43.0 Å². The van der Waals surface area contributed by atoms with Crippen LogP contribution in [0.3, 0.4) is 0 Å². The van der Waals surface area contributed by atoms with Crippen LogP contribution in [0.2, 0.25) is 0 Å². The minimum Gasteiger partial charge on any atom is -0.238 e. The quantitative estimate of drug-likeness (QED) is 0.161. The molecule has 0 bridgehead atoms. The van der Waals surface area contributed by atoms with E-state index in [1.807, 2.05) is 66.7 Å². The van der Waals surface area contributed by atoms with Crippen molar-refractivity contribution in [1.29, 1.82) is 0 Å². The van der Waals surface area contributed by atoms with Gasteiger partial charge in [0.05, 0.1) is 6.57 Å². The zero-order chi connectivity index (χ0) is 37.5. The minimum atomic E-state index is 0.0552. The van der Waals surface area contributed by atoms with Gasteiger partial charge in [0.15, 0.2) is 23.2 Å².